The molecule has 0 unspecified atom stereocenters. The summed E-state index contributed by atoms with van der Waals surface area (Å²) in [6, 6.07) is 5.58. The maximum atomic E-state index is 12.3. The number of ether oxygens (including phenoxy) is 1. The first kappa shape index (κ1) is 13.1. The fraction of sp³-hybridized carbons (Fsp3) is 0.167. The number of rotatable bonds is 2. The van der Waals surface area contributed by atoms with Crippen molar-refractivity contribution in [1.29, 1.82) is 0 Å². The second-order valence-corrected chi connectivity index (χ2v) is 3.79. The molecule has 2 aromatic rings. The predicted molar refractivity (Wildman–Crippen MR) is 61.7 cm³/mol. The SMILES string of the molecule is Cc1cnc(=O)[nH]c1-c1ccccc1OC(F)(F)F. The van der Waals surface area contributed by atoms with Crippen LogP contribution in [0.2, 0.25) is 0 Å². The average Bonchev–Trinajstić information content (AvgIpc) is 2.31. The van der Waals surface area contributed by atoms with Gasteiger partial charge in [0.05, 0.1) is 5.69 Å². The van der Waals surface area contributed by atoms with Crippen molar-refractivity contribution in [3.8, 4) is 17.0 Å². The van der Waals surface area contributed by atoms with Crippen molar-refractivity contribution in [2.24, 2.45) is 0 Å². The van der Waals surface area contributed by atoms with Gasteiger partial charge in [0.2, 0.25) is 0 Å². The van der Waals surface area contributed by atoms with E-state index in [1.807, 2.05) is 0 Å². The van der Waals surface area contributed by atoms with Crippen LogP contribution >= 0.6 is 0 Å². The molecule has 0 aliphatic carbocycles. The number of halogens is 3. The van der Waals surface area contributed by atoms with Gasteiger partial charge in [-0.3, -0.25) is 0 Å². The minimum Gasteiger partial charge on any atom is -0.405 e. The number of alkyl halides is 3. The number of hydrogen-bond donors (Lipinski definition) is 1. The number of aromatic nitrogens is 2. The second kappa shape index (κ2) is 4.75. The van der Waals surface area contributed by atoms with Crippen LogP contribution in [0.25, 0.3) is 11.3 Å². The minimum atomic E-state index is -4.79. The lowest BCUT2D eigenvalue weighted by molar-refractivity contribution is -0.274. The molecule has 0 saturated heterocycles. The lowest BCUT2D eigenvalue weighted by Gasteiger charge is -2.13. The summed E-state index contributed by atoms with van der Waals surface area (Å²) in [5.74, 6) is -0.375. The molecule has 0 atom stereocenters. The fourth-order valence-electron chi connectivity index (χ4n) is 1.62. The first-order chi connectivity index (χ1) is 8.87. The van der Waals surface area contributed by atoms with Crippen molar-refractivity contribution < 1.29 is 17.9 Å². The molecule has 7 heteroatoms. The summed E-state index contributed by atoms with van der Waals surface area (Å²) in [5.41, 5.74) is 0.303. The number of nitrogens with one attached hydrogen (secondary N) is 1. The van der Waals surface area contributed by atoms with Crippen LogP contribution in [0.3, 0.4) is 0 Å². The number of benzene rings is 1. The highest BCUT2D eigenvalue weighted by Crippen LogP contribution is 2.33. The number of H-pyrrole nitrogens is 1. The highest BCUT2D eigenvalue weighted by molar-refractivity contribution is 5.69. The Morgan fingerprint density at radius 1 is 1.26 bits per heavy atom. The Labute approximate surface area is 105 Å². The third-order valence-corrected chi connectivity index (χ3v) is 2.38. The first-order valence-corrected chi connectivity index (χ1v) is 5.28. The minimum absolute atomic E-state index is 0.150. The zero-order valence-electron chi connectivity index (χ0n) is 9.78. The van der Waals surface area contributed by atoms with Crippen LogP contribution in [0, 0.1) is 6.92 Å². The smallest absolute Gasteiger partial charge is 0.405 e. The molecule has 0 bridgehead atoms. The topological polar surface area (TPSA) is 55.0 Å². The summed E-state index contributed by atoms with van der Waals surface area (Å²) < 4.78 is 40.9. The molecule has 100 valence electrons. The van der Waals surface area contributed by atoms with E-state index in [9.17, 15) is 18.0 Å². The van der Waals surface area contributed by atoms with Gasteiger partial charge in [-0.05, 0) is 24.6 Å². The maximum absolute atomic E-state index is 12.3. The van der Waals surface area contributed by atoms with E-state index in [4.69, 9.17) is 0 Å². The summed E-state index contributed by atoms with van der Waals surface area (Å²) >= 11 is 0. The molecule has 0 saturated carbocycles. The van der Waals surface area contributed by atoms with Gasteiger partial charge in [0, 0.05) is 11.8 Å². The average molecular weight is 270 g/mol. The summed E-state index contributed by atoms with van der Waals surface area (Å²) in [4.78, 5) is 17.1. The second-order valence-electron chi connectivity index (χ2n) is 3.79. The Bertz CT molecular complexity index is 650. The van der Waals surface area contributed by atoms with E-state index in [0.717, 1.165) is 0 Å². The molecule has 0 spiro atoms. The molecule has 0 fully saturated rings. The van der Waals surface area contributed by atoms with Gasteiger partial charge in [0.25, 0.3) is 0 Å². The number of nitrogens with zero attached hydrogens (tertiary/aromatic N) is 1. The first-order valence-electron chi connectivity index (χ1n) is 5.28. The van der Waals surface area contributed by atoms with Crippen LogP contribution in [0.5, 0.6) is 5.75 Å². The molecular formula is C12H9F3N2O2. The summed E-state index contributed by atoms with van der Waals surface area (Å²) in [6.07, 6.45) is -3.50. The molecule has 2 rings (SSSR count). The van der Waals surface area contributed by atoms with E-state index in [0.29, 0.717) is 5.56 Å². The lowest BCUT2D eigenvalue weighted by atomic mass is 10.1. The summed E-state index contributed by atoms with van der Waals surface area (Å²) in [5, 5.41) is 0. The zero-order chi connectivity index (χ0) is 14.0. The van der Waals surface area contributed by atoms with Crippen LogP contribution in [0.4, 0.5) is 13.2 Å². The third-order valence-electron chi connectivity index (χ3n) is 2.38. The highest BCUT2D eigenvalue weighted by atomic mass is 19.4. The molecule has 1 aromatic carbocycles. The quantitative estimate of drug-likeness (QED) is 0.912. The normalized spacial score (nSPS) is 11.4. The van der Waals surface area contributed by atoms with Crippen LogP contribution in [0.1, 0.15) is 5.56 Å². The van der Waals surface area contributed by atoms with Crippen LogP contribution in [0.15, 0.2) is 35.3 Å². The predicted octanol–water partition coefficient (Wildman–Crippen LogP) is 2.64. The van der Waals surface area contributed by atoms with Gasteiger partial charge in [0.15, 0.2) is 0 Å². The van der Waals surface area contributed by atoms with Gasteiger partial charge in [-0.25, -0.2) is 9.78 Å². The molecule has 0 aliphatic rings. The van der Waals surface area contributed by atoms with Gasteiger partial charge >= 0.3 is 12.1 Å². The van der Waals surface area contributed by atoms with E-state index in [2.05, 4.69) is 14.7 Å². The number of aryl methyl sites for hydroxylation is 1. The molecule has 1 aromatic heterocycles. The third kappa shape index (κ3) is 3.12. The molecular weight excluding hydrogens is 261 g/mol. The monoisotopic (exact) mass is 270 g/mol. The Hall–Kier alpha value is -2.31. The number of aromatic amines is 1. The van der Waals surface area contributed by atoms with E-state index in [1.54, 1.807) is 13.0 Å². The standard InChI is InChI=1S/C12H9F3N2O2/c1-7-6-16-11(18)17-10(7)8-4-2-3-5-9(8)19-12(13,14)15/h2-6H,1H3,(H,16,17,18). The fourth-order valence-corrected chi connectivity index (χ4v) is 1.62. The summed E-state index contributed by atoms with van der Waals surface area (Å²) in [7, 11) is 0. The molecule has 0 radical (unpaired) electrons. The number of hydrogen-bond acceptors (Lipinski definition) is 3. The van der Waals surface area contributed by atoms with Crippen LogP contribution in [-0.4, -0.2) is 16.3 Å². The lowest BCUT2D eigenvalue weighted by Crippen LogP contribution is -2.18. The molecule has 1 N–H and O–H groups in total. The van der Waals surface area contributed by atoms with Gasteiger partial charge in [-0.15, -0.1) is 13.2 Å². The molecule has 1 heterocycles. The van der Waals surface area contributed by atoms with Crippen molar-refractivity contribution in [2.45, 2.75) is 13.3 Å². The van der Waals surface area contributed by atoms with Crippen molar-refractivity contribution in [3.63, 3.8) is 0 Å². The number of para-hydroxylation sites is 1. The van der Waals surface area contributed by atoms with Crippen molar-refractivity contribution in [3.05, 3.63) is 46.5 Å². The van der Waals surface area contributed by atoms with Gasteiger partial charge in [-0.2, -0.15) is 0 Å². The van der Waals surface area contributed by atoms with Crippen LogP contribution < -0.4 is 10.4 Å². The Morgan fingerprint density at radius 3 is 2.63 bits per heavy atom. The molecule has 0 amide bonds. The zero-order valence-corrected chi connectivity index (χ0v) is 9.78. The maximum Gasteiger partial charge on any atom is 0.573 e. The summed E-state index contributed by atoms with van der Waals surface area (Å²) in [6.45, 7) is 1.63. The van der Waals surface area contributed by atoms with Gasteiger partial charge < -0.3 is 9.72 Å². The largest absolute Gasteiger partial charge is 0.573 e. The Balaban J connectivity index is 2.56. The molecule has 4 nitrogen and oxygen atoms in total. The molecule has 0 aliphatic heterocycles. The van der Waals surface area contributed by atoms with Crippen molar-refractivity contribution >= 4 is 0 Å². The van der Waals surface area contributed by atoms with E-state index < -0.39 is 12.1 Å². The van der Waals surface area contributed by atoms with Crippen molar-refractivity contribution in [2.75, 3.05) is 0 Å². The van der Waals surface area contributed by atoms with Gasteiger partial charge in [-0.1, -0.05) is 12.1 Å². The van der Waals surface area contributed by atoms with E-state index in [1.165, 1.54) is 24.4 Å². The van der Waals surface area contributed by atoms with Crippen molar-refractivity contribution in [1.82, 2.24) is 9.97 Å². The van der Waals surface area contributed by atoms with Crippen LogP contribution in [-0.2, 0) is 0 Å². The highest BCUT2D eigenvalue weighted by Gasteiger charge is 2.32. The van der Waals surface area contributed by atoms with Gasteiger partial charge in [0.1, 0.15) is 5.75 Å². The Morgan fingerprint density at radius 2 is 1.95 bits per heavy atom. The van der Waals surface area contributed by atoms with E-state index >= 15 is 0 Å². The molecule has 19 heavy (non-hydrogen) atoms. The van der Waals surface area contributed by atoms with E-state index in [-0.39, 0.29) is 17.0 Å². The Kier molecular flexibility index (Phi) is 3.28.